The van der Waals surface area contributed by atoms with E-state index in [1.165, 1.54) is 12.8 Å². The van der Waals surface area contributed by atoms with Crippen molar-refractivity contribution in [2.45, 2.75) is 31.7 Å². The summed E-state index contributed by atoms with van der Waals surface area (Å²) in [7, 11) is 0. The lowest BCUT2D eigenvalue weighted by molar-refractivity contribution is 0.873. The number of aromatic amines is 1. The maximum Gasteiger partial charge on any atom is 0.223 e. The van der Waals surface area contributed by atoms with Crippen LogP contribution < -0.4 is 16.4 Å². The molecule has 1 aliphatic rings. The topological polar surface area (TPSA) is 105 Å². The molecule has 1 fully saturated rings. The van der Waals surface area contributed by atoms with Gasteiger partial charge in [0.2, 0.25) is 5.95 Å². The number of nitrogens with zero attached hydrogens (tertiary/aromatic N) is 3. The molecule has 7 nitrogen and oxygen atoms in total. The maximum absolute atomic E-state index is 6.27. The van der Waals surface area contributed by atoms with E-state index in [0.717, 1.165) is 17.1 Å². The summed E-state index contributed by atoms with van der Waals surface area (Å²) in [5, 5.41) is 14.5. The Balaban J connectivity index is 1.51. The van der Waals surface area contributed by atoms with Crippen LogP contribution in [0.3, 0.4) is 0 Å². The van der Waals surface area contributed by atoms with Crippen molar-refractivity contribution in [1.29, 1.82) is 0 Å². The number of anilines is 4. The summed E-state index contributed by atoms with van der Waals surface area (Å²) >= 11 is 6.27. The molecule has 26 heavy (non-hydrogen) atoms. The van der Waals surface area contributed by atoms with Crippen LogP contribution in [0.25, 0.3) is 0 Å². The van der Waals surface area contributed by atoms with Crippen LogP contribution in [-0.2, 0) is 0 Å². The van der Waals surface area contributed by atoms with Crippen molar-refractivity contribution >= 4 is 35.0 Å². The number of nitrogens with two attached hydrogens (primary N) is 1. The molecule has 2 aromatic heterocycles. The molecule has 0 spiro atoms. The molecule has 1 unspecified atom stereocenters. The molecule has 8 heteroatoms. The Bertz CT molecular complexity index is 919. The van der Waals surface area contributed by atoms with Gasteiger partial charge in [0.15, 0.2) is 5.82 Å². The van der Waals surface area contributed by atoms with Crippen LogP contribution in [0.5, 0.6) is 0 Å². The molecule has 2 heterocycles. The Morgan fingerprint density at radius 1 is 1.15 bits per heavy atom. The molecule has 1 atom stereocenters. The van der Waals surface area contributed by atoms with Crippen molar-refractivity contribution in [3.8, 4) is 0 Å². The third-order valence-corrected chi connectivity index (χ3v) is 4.69. The van der Waals surface area contributed by atoms with Crippen LogP contribution in [0.2, 0.25) is 5.02 Å². The molecule has 1 aromatic carbocycles. The predicted octanol–water partition coefficient (Wildman–Crippen LogP) is 4.23. The van der Waals surface area contributed by atoms with Crippen molar-refractivity contribution < 1.29 is 0 Å². The van der Waals surface area contributed by atoms with E-state index in [0.29, 0.717) is 22.6 Å². The van der Waals surface area contributed by atoms with Gasteiger partial charge in [0.25, 0.3) is 0 Å². The van der Waals surface area contributed by atoms with Crippen LogP contribution >= 0.6 is 11.6 Å². The zero-order valence-corrected chi connectivity index (χ0v) is 15.1. The molecule has 0 aliphatic heterocycles. The second kappa shape index (κ2) is 6.84. The van der Waals surface area contributed by atoms with Crippen molar-refractivity contribution in [3.05, 3.63) is 52.7 Å². The molecule has 4 rings (SSSR count). The lowest BCUT2D eigenvalue weighted by Gasteiger charge is -2.17. The van der Waals surface area contributed by atoms with Crippen LogP contribution in [0.15, 0.2) is 36.4 Å². The number of rotatable bonds is 6. The third-order valence-electron chi connectivity index (χ3n) is 4.35. The highest BCUT2D eigenvalue weighted by atomic mass is 35.5. The summed E-state index contributed by atoms with van der Waals surface area (Å²) in [6.07, 6.45) is 2.44. The lowest BCUT2D eigenvalue weighted by Crippen LogP contribution is -2.10. The van der Waals surface area contributed by atoms with Crippen molar-refractivity contribution in [3.63, 3.8) is 0 Å². The Morgan fingerprint density at radius 2 is 1.92 bits per heavy atom. The van der Waals surface area contributed by atoms with Gasteiger partial charge in [-0.25, -0.2) is 0 Å². The van der Waals surface area contributed by atoms with E-state index < -0.39 is 0 Å². The van der Waals surface area contributed by atoms with E-state index in [2.05, 4.69) is 30.8 Å². The van der Waals surface area contributed by atoms with Gasteiger partial charge in [-0.05, 0) is 31.4 Å². The molecule has 0 saturated heterocycles. The number of benzene rings is 1. The first kappa shape index (κ1) is 16.7. The van der Waals surface area contributed by atoms with E-state index in [1.807, 2.05) is 37.3 Å². The fourth-order valence-electron chi connectivity index (χ4n) is 2.87. The van der Waals surface area contributed by atoms with Gasteiger partial charge in [-0.3, -0.25) is 5.10 Å². The normalized spacial score (nSPS) is 14.8. The average molecular weight is 370 g/mol. The van der Waals surface area contributed by atoms with Crippen molar-refractivity contribution in [2.24, 2.45) is 0 Å². The Labute approximate surface area is 156 Å². The molecule has 0 radical (unpaired) electrons. The summed E-state index contributed by atoms with van der Waals surface area (Å²) in [5.41, 5.74) is 8.01. The fourth-order valence-corrected chi connectivity index (χ4v) is 3.16. The van der Waals surface area contributed by atoms with Crippen molar-refractivity contribution in [2.75, 3.05) is 16.4 Å². The summed E-state index contributed by atoms with van der Waals surface area (Å²) < 4.78 is 0. The number of hydrogen-bond acceptors (Lipinski definition) is 6. The third kappa shape index (κ3) is 3.72. The Hall–Kier alpha value is -2.80. The molecular weight excluding hydrogens is 350 g/mol. The molecule has 1 aliphatic carbocycles. The summed E-state index contributed by atoms with van der Waals surface area (Å²) in [4.78, 5) is 8.49. The first-order valence-electron chi connectivity index (χ1n) is 8.56. The fraction of sp³-hybridized carbons (Fsp3) is 0.278. The smallest absolute Gasteiger partial charge is 0.223 e. The van der Waals surface area contributed by atoms with Gasteiger partial charge >= 0.3 is 0 Å². The maximum atomic E-state index is 6.27. The van der Waals surface area contributed by atoms with E-state index in [-0.39, 0.29) is 12.0 Å². The van der Waals surface area contributed by atoms with Gasteiger partial charge in [0.05, 0.1) is 6.04 Å². The van der Waals surface area contributed by atoms with Crippen LogP contribution in [-0.4, -0.2) is 20.2 Å². The van der Waals surface area contributed by atoms with Crippen LogP contribution in [0, 0.1) is 0 Å². The van der Waals surface area contributed by atoms with Crippen molar-refractivity contribution in [1.82, 2.24) is 20.2 Å². The van der Waals surface area contributed by atoms with E-state index in [9.17, 15) is 0 Å². The molecule has 0 amide bonds. The molecule has 0 bridgehead atoms. The Kier molecular flexibility index (Phi) is 4.38. The minimum atomic E-state index is -0.0299. The summed E-state index contributed by atoms with van der Waals surface area (Å²) in [6.45, 7) is 2.02. The minimum Gasteiger partial charge on any atom is -0.368 e. The number of H-pyrrole nitrogens is 1. The first-order chi connectivity index (χ1) is 12.6. The molecule has 1 saturated carbocycles. The SMILES string of the molecule is CC(Nc1cc(Nc2cc(C3CC3)[nH]n2)nc(N)n1)c1ccccc1Cl. The van der Waals surface area contributed by atoms with E-state index in [1.54, 1.807) is 6.07 Å². The standard InChI is InChI=1S/C18H20ClN7/c1-10(12-4-2-3-5-13(12)19)21-15-9-16(24-18(20)23-15)22-17-8-14(25-26-17)11-6-7-11/h2-5,8-11H,6-7H2,1H3,(H5,20,21,22,23,24,25,26). The van der Waals surface area contributed by atoms with Gasteiger partial charge in [-0.1, -0.05) is 29.8 Å². The molecule has 134 valence electrons. The summed E-state index contributed by atoms with van der Waals surface area (Å²) in [5.74, 6) is 2.71. The number of aromatic nitrogens is 4. The monoisotopic (exact) mass is 369 g/mol. The van der Waals surface area contributed by atoms with E-state index >= 15 is 0 Å². The van der Waals surface area contributed by atoms with Crippen LogP contribution in [0.1, 0.15) is 43.0 Å². The van der Waals surface area contributed by atoms with E-state index in [4.69, 9.17) is 17.3 Å². The summed E-state index contributed by atoms with van der Waals surface area (Å²) in [6, 6.07) is 11.5. The highest BCUT2D eigenvalue weighted by Crippen LogP contribution is 2.39. The Morgan fingerprint density at radius 3 is 2.69 bits per heavy atom. The number of halogens is 1. The highest BCUT2D eigenvalue weighted by molar-refractivity contribution is 6.31. The quantitative estimate of drug-likeness (QED) is 0.518. The van der Waals surface area contributed by atoms with Gasteiger partial charge < -0.3 is 16.4 Å². The highest BCUT2D eigenvalue weighted by Gasteiger charge is 2.25. The van der Waals surface area contributed by atoms with Gasteiger partial charge in [-0.15, -0.1) is 0 Å². The van der Waals surface area contributed by atoms with Gasteiger partial charge in [0, 0.05) is 28.8 Å². The molecule has 3 aromatic rings. The zero-order valence-electron chi connectivity index (χ0n) is 14.3. The predicted molar refractivity (Wildman–Crippen MR) is 104 cm³/mol. The molecular formula is C18H20ClN7. The minimum absolute atomic E-state index is 0.0299. The molecule has 5 N–H and O–H groups in total. The number of nitrogen functional groups attached to an aromatic ring is 1. The first-order valence-corrected chi connectivity index (χ1v) is 8.94. The van der Waals surface area contributed by atoms with Gasteiger partial charge in [-0.2, -0.15) is 15.1 Å². The number of hydrogen-bond donors (Lipinski definition) is 4. The van der Waals surface area contributed by atoms with Gasteiger partial charge in [0.1, 0.15) is 11.6 Å². The second-order valence-electron chi connectivity index (χ2n) is 6.49. The van der Waals surface area contributed by atoms with Crippen LogP contribution in [0.4, 0.5) is 23.4 Å². The largest absolute Gasteiger partial charge is 0.368 e. The number of nitrogens with one attached hydrogen (secondary N) is 3. The zero-order chi connectivity index (χ0) is 18.1. The lowest BCUT2D eigenvalue weighted by atomic mass is 10.1. The second-order valence-corrected chi connectivity index (χ2v) is 6.90. The average Bonchev–Trinajstić information content (AvgIpc) is 3.35.